The van der Waals surface area contributed by atoms with E-state index >= 15 is 0 Å². The average molecular weight is 999 g/mol. The smallest absolute Gasteiger partial charge is 0.550 e. The molecule has 0 saturated carbocycles. The number of carboxylic acid groups (broad SMARTS) is 2. The molecule has 15 heteroatoms. The van der Waals surface area contributed by atoms with Crippen LogP contribution in [0.4, 0.5) is 0 Å². The molecule has 0 radical (unpaired) electrons. The van der Waals surface area contributed by atoms with Crippen LogP contribution in [-0.2, 0) is 47.6 Å². The van der Waals surface area contributed by atoms with Gasteiger partial charge in [0.25, 0.3) is 0 Å². The molecule has 4 atom stereocenters. The fraction of sp³-hybridized carbons (Fsp3) is 0.778. The molecule has 0 bridgehead atoms. The number of carboxylic acids is 2. The minimum atomic E-state index is -0.943. The van der Waals surface area contributed by atoms with Gasteiger partial charge < -0.3 is 58.4 Å². The monoisotopic (exact) mass is 999 g/mol. The summed E-state index contributed by atoms with van der Waals surface area (Å²) in [7, 11) is 0. The topological polar surface area (TPSA) is 210 Å². The molecule has 0 aliphatic carbocycles. The van der Waals surface area contributed by atoms with E-state index in [1.54, 1.807) is 0 Å². The van der Waals surface area contributed by atoms with Gasteiger partial charge in [0.05, 0.1) is 13.2 Å². The van der Waals surface area contributed by atoms with Crippen molar-refractivity contribution in [3.8, 4) is 0 Å². The van der Waals surface area contributed by atoms with Crippen molar-refractivity contribution >= 4 is 61.6 Å². The van der Waals surface area contributed by atoms with Crippen LogP contribution in [0.2, 0.25) is 0 Å². The van der Waals surface area contributed by atoms with Gasteiger partial charge in [0.1, 0.15) is 12.2 Å². The van der Waals surface area contributed by atoms with Crippen LogP contribution in [0.25, 0.3) is 0 Å². The van der Waals surface area contributed by atoms with E-state index in [0.29, 0.717) is 37.2 Å². The largest absolute Gasteiger partial charge is 2.00 e. The molecule has 2 saturated heterocycles. The molecule has 0 aromatic heterocycles. The van der Waals surface area contributed by atoms with Crippen molar-refractivity contribution in [2.75, 3.05) is 13.2 Å². The van der Waals surface area contributed by atoms with E-state index < -0.39 is 47.7 Å². The van der Waals surface area contributed by atoms with Gasteiger partial charge in [0.15, 0.2) is 23.8 Å². The van der Waals surface area contributed by atoms with Gasteiger partial charge in [-0.25, -0.2) is 9.59 Å². The van der Waals surface area contributed by atoms with Gasteiger partial charge in [-0.05, 0) is 130 Å². The second-order valence-corrected chi connectivity index (χ2v) is 19.8. The molecule has 4 aliphatic rings. The number of unbranched alkanes of at least 4 members (excludes halogenated alkanes) is 22. The van der Waals surface area contributed by atoms with E-state index in [2.05, 4.69) is 24.3 Å². The van der Waals surface area contributed by atoms with Crippen LogP contribution in [-0.4, -0.2) is 121 Å². The summed E-state index contributed by atoms with van der Waals surface area (Å²) in [5.74, 6) is -5.09. The molecule has 4 heterocycles. The number of carbonyl (C=O) groups is 4. The van der Waals surface area contributed by atoms with Crippen molar-refractivity contribution in [3.63, 3.8) is 0 Å². The Labute approximate surface area is 443 Å². The van der Waals surface area contributed by atoms with Crippen molar-refractivity contribution in [2.45, 2.75) is 256 Å². The summed E-state index contributed by atoms with van der Waals surface area (Å²) in [4.78, 5) is 44.4. The van der Waals surface area contributed by atoms with Crippen LogP contribution >= 0.6 is 0 Å². The molecule has 2 fully saturated rings. The molecule has 388 valence electrons. The first kappa shape index (κ1) is 62.7. The van der Waals surface area contributed by atoms with Crippen molar-refractivity contribution in [1.29, 1.82) is 0 Å². The Morgan fingerprint density at radius 1 is 0.493 bits per heavy atom. The molecular weight excluding hydrogens is 913 g/mol. The maximum Gasteiger partial charge on any atom is 2.00 e. The molecule has 2 N–H and O–H groups in total. The summed E-state index contributed by atoms with van der Waals surface area (Å²) in [5, 5.41) is 41.0. The van der Waals surface area contributed by atoms with Gasteiger partial charge in [0.2, 0.25) is 11.5 Å². The zero-order chi connectivity index (χ0) is 49.6. The molecule has 4 aliphatic heterocycles. The number of cyclic esters (lactones) is 2. The molecule has 0 amide bonds. The molecule has 0 aromatic rings. The zero-order valence-electron chi connectivity index (χ0n) is 42.7. The Morgan fingerprint density at radius 3 is 1.04 bits per heavy atom. The van der Waals surface area contributed by atoms with Crippen molar-refractivity contribution < 1.29 is 68.0 Å². The summed E-state index contributed by atoms with van der Waals surface area (Å²) in [5.41, 5.74) is 1.30. The average Bonchev–Trinajstić information content (AvgIpc) is 4.01. The number of aliphatic carboxylic acids is 2. The number of aliphatic hydroxyl groups is 2. The number of hydrogen-bond acceptors (Lipinski definition) is 14. The minimum absolute atomic E-state index is 0. The van der Waals surface area contributed by atoms with Gasteiger partial charge in [-0.3, -0.25) is 0 Å². The number of esters is 2. The Bertz CT molecular complexity index is 1520. The van der Waals surface area contributed by atoms with E-state index in [9.17, 15) is 39.6 Å². The summed E-state index contributed by atoms with van der Waals surface area (Å²) in [6, 6.07) is 0. The number of carbonyl (C=O) groups excluding carboxylic acids is 4. The molecule has 14 nitrogen and oxygen atoms in total. The molecule has 69 heavy (non-hydrogen) atoms. The summed E-state index contributed by atoms with van der Waals surface area (Å²) >= 11 is 0. The molecule has 0 spiro atoms. The normalized spacial score (nSPS) is 21.8. The molecule has 4 rings (SSSR count). The second-order valence-electron chi connectivity index (χ2n) is 19.8. The summed E-state index contributed by atoms with van der Waals surface area (Å²) < 4.78 is 33.5. The Balaban J connectivity index is 0.000000467. The molecular formula is C54H86CaO14. The Morgan fingerprint density at radius 2 is 0.768 bits per heavy atom. The number of hydrogen-bond donors (Lipinski definition) is 2. The van der Waals surface area contributed by atoms with Crippen LogP contribution in [0.5, 0.6) is 0 Å². The number of aliphatic hydroxyl groups excluding tert-OH is 2. The fourth-order valence-corrected chi connectivity index (χ4v) is 9.03. The third-order valence-electron chi connectivity index (χ3n) is 12.9. The number of ether oxygens (including phenoxy) is 6. The van der Waals surface area contributed by atoms with Crippen molar-refractivity contribution in [2.24, 2.45) is 0 Å². The number of rotatable bonds is 36. The van der Waals surface area contributed by atoms with Gasteiger partial charge in [0, 0.05) is 23.1 Å². The molecule has 0 aromatic carbocycles. The van der Waals surface area contributed by atoms with Crippen LogP contribution in [0.1, 0.15) is 220 Å². The first-order chi connectivity index (χ1) is 32.6. The minimum Gasteiger partial charge on any atom is -0.550 e. The third-order valence-corrected chi connectivity index (χ3v) is 12.9. The van der Waals surface area contributed by atoms with Gasteiger partial charge >= 0.3 is 49.7 Å². The predicted molar refractivity (Wildman–Crippen MR) is 261 cm³/mol. The van der Waals surface area contributed by atoms with E-state index in [-0.39, 0.29) is 74.3 Å². The SMILES string of the molecule is CC1(C)OCC(C2OC(=O)C(O)=C2CCCCCCCC/C=C\CCCCCCCC(=O)[O-])O1.CC1(C)OCC(C2OC(=O)C(O)=C2CCCCCCCC/C=C\CCCCCCCC(=O)[O-])O1.[Ca+2]. The van der Waals surface area contributed by atoms with Crippen LogP contribution in [0.3, 0.4) is 0 Å². The predicted octanol–water partition coefficient (Wildman–Crippen LogP) is 9.69. The van der Waals surface area contributed by atoms with Crippen LogP contribution in [0, 0.1) is 0 Å². The van der Waals surface area contributed by atoms with Gasteiger partial charge in [-0.1, -0.05) is 114 Å². The summed E-state index contributed by atoms with van der Waals surface area (Å²) in [6.45, 7) is 8.02. The summed E-state index contributed by atoms with van der Waals surface area (Å²) in [6.07, 6.45) is 37.1. The number of allylic oxidation sites excluding steroid dienone is 4. The van der Waals surface area contributed by atoms with Crippen molar-refractivity contribution in [3.05, 3.63) is 47.0 Å². The zero-order valence-corrected chi connectivity index (χ0v) is 45.0. The maximum atomic E-state index is 11.9. The van der Waals surface area contributed by atoms with E-state index in [0.717, 1.165) is 116 Å². The van der Waals surface area contributed by atoms with Gasteiger partial charge in [-0.2, -0.15) is 0 Å². The van der Waals surface area contributed by atoms with E-state index in [4.69, 9.17) is 28.4 Å². The molecule has 4 unspecified atom stereocenters. The van der Waals surface area contributed by atoms with Crippen LogP contribution in [0.15, 0.2) is 47.0 Å². The second kappa shape index (κ2) is 35.6. The van der Waals surface area contributed by atoms with E-state index in [1.165, 1.54) is 51.4 Å². The first-order valence-electron chi connectivity index (χ1n) is 26.2. The van der Waals surface area contributed by atoms with Crippen molar-refractivity contribution in [1.82, 2.24) is 0 Å². The van der Waals surface area contributed by atoms with Gasteiger partial charge in [-0.15, -0.1) is 0 Å². The first-order valence-corrected chi connectivity index (χ1v) is 26.2. The quantitative estimate of drug-likeness (QED) is 0.0259. The third kappa shape index (κ3) is 26.7. The Kier molecular flexibility index (Phi) is 32.3. The standard InChI is InChI=1S/2C27H44O7.Ca/c2*1-27(2)32-20-22(34-27)25-21(24(30)26(31)33-25)18-16-14-12-10-8-6-4-3-5-7-9-11-13-15-17-19-23(28)29;/h2*3,5,22,25,30H,4,6-20H2,1-2H3,(H,28,29);/q;;+2/p-2/b2*5-3-;. The maximum absolute atomic E-state index is 11.9. The van der Waals surface area contributed by atoms with Crippen LogP contribution < -0.4 is 10.2 Å². The fourth-order valence-electron chi connectivity index (χ4n) is 9.03. The van der Waals surface area contributed by atoms with E-state index in [1.807, 2.05) is 27.7 Å². The Hall–Kier alpha value is -2.46.